The monoisotopic (exact) mass is 505 g/mol. The van der Waals surface area contributed by atoms with Gasteiger partial charge in [-0.15, -0.1) is 0 Å². The normalized spacial score (nSPS) is 20.8. The quantitative estimate of drug-likeness (QED) is 0.507. The maximum absolute atomic E-state index is 15.5. The number of rotatable bonds is 6. The summed E-state index contributed by atoms with van der Waals surface area (Å²) in [4.78, 5) is 40.6. The zero-order chi connectivity index (χ0) is 25.2. The average molecular weight is 506 g/mol. The lowest BCUT2D eigenvalue weighted by molar-refractivity contribution is -0.142. The molecule has 12 heteroatoms. The number of nitrogens with zero attached hydrogens (tertiary/aromatic N) is 2. The van der Waals surface area contributed by atoms with Crippen LogP contribution < -0.4 is 11.4 Å². The molecule has 3 atom stereocenters. The molecule has 182 valence electrons. The third-order valence-corrected chi connectivity index (χ3v) is 5.46. The molecule has 2 heterocycles. The number of halogens is 3. The zero-order valence-corrected chi connectivity index (χ0v) is 18.6. The largest absolute Gasteiger partial charge is 0.459 e. The highest BCUT2D eigenvalue weighted by molar-refractivity contribution is 6.32. The summed E-state index contributed by atoms with van der Waals surface area (Å²) in [6.07, 6.45) is -5.26. The number of ether oxygens (including phenoxy) is 3. The van der Waals surface area contributed by atoms with Gasteiger partial charge in [0.05, 0.1) is 16.1 Å². The Balaban J connectivity index is 1.63. The van der Waals surface area contributed by atoms with Gasteiger partial charge in [-0.05, 0) is 24.3 Å². The third kappa shape index (κ3) is 5.00. The number of hydrogen-bond donors (Lipinski definition) is 1. The Bertz CT molecular complexity index is 1290. The first-order valence-corrected chi connectivity index (χ1v) is 10.6. The Labute approximate surface area is 202 Å². The number of anilines is 1. The minimum absolute atomic E-state index is 0.0149. The molecular weight excluding hydrogens is 488 g/mol. The standard InChI is InChI=1S/C23H18ClF2N3O6/c24-15-11-29(22(32)28-18(15)27)21-23(25,26)17(35-20(31)14-9-5-2-6-10-14)16(34-21)12-33-19(30)13-7-3-1-4-8-13/h1-11,16-17,21H,12H2,(H2,27,28,32)/t16-,17-,21+/m0/s1. The molecule has 1 saturated heterocycles. The molecule has 2 aromatic carbocycles. The molecule has 4 rings (SSSR count). The highest BCUT2D eigenvalue weighted by Gasteiger charge is 2.63. The topological polar surface area (TPSA) is 123 Å². The van der Waals surface area contributed by atoms with E-state index in [1.54, 1.807) is 24.3 Å². The fourth-order valence-corrected chi connectivity index (χ4v) is 3.59. The molecule has 0 amide bonds. The summed E-state index contributed by atoms with van der Waals surface area (Å²) in [7, 11) is 0. The lowest BCUT2D eigenvalue weighted by Crippen LogP contribution is -2.45. The van der Waals surface area contributed by atoms with E-state index in [4.69, 9.17) is 31.5 Å². The van der Waals surface area contributed by atoms with Gasteiger partial charge in [0.25, 0.3) is 0 Å². The van der Waals surface area contributed by atoms with Crippen molar-refractivity contribution in [2.24, 2.45) is 0 Å². The molecule has 1 fully saturated rings. The average Bonchev–Trinajstić information content (AvgIpc) is 3.10. The predicted molar refractivity (Wildman–Crippen MR) is 119 cm³/mol. The Morgan fingerprint density at radius 1 is 1.06 bits per heavy atom. The van der Waals surface area contributed by atoms with Gasteiger partial charge in [-0.3, -0.25) is 4.57 Å². The van der Waals surface area contributed by atoms with E-state index >= 15 is 8.78 Å². The number of aromatic nitrogens is 2. The molecule has 2 N–H and O–H groups in total. The Morgan fingerprint density at radius 2 is 1.63 bits per heavy atom. The molecule has 1 aromatic heterocycles. The van der Waals surface area contributed by atoms with Gasteiger partial charge in [-0.2, -0.15) is 13.8 Å². The molecule has 35 heavy (non-hydrogen) atoms. The number of esters is 2. The fraction of sp³-hybridized carbons (Fsp3) is 0.217. The first-order chi connectivity index (χ1) is 16.7. The van der Waals surface area contributed by atoms with E-state index in [0.717, 1.165) is 6.20 Å². The smallest absolute Gasteiger partial charge is 0.351 e. The Morgan fingerprint density at radius 3 is 2.23 bits per heavy atom. The second-order valence-corrected chi connectivity index (χ2v) is 7.93. The molecule has 9 nitrogen and oxygen atoms in total. The van der Waals surface area contributed by atoms with E-state index in [-0.39, 0.29) is 22.0 Å². The molecule has 1 aliphatic rings. The number of carbonyl (C=O) groups excluding carboxylic acids is 2. The summed E-state index contributed by atoms with van der Waals surface area (Å²) >= 11 is 5.86. The van der Waals surface area contributed by atoms with Crippen molar-refractivity contribution in [3.63, 3.8) is 0 Å². The number of alkyl halides is 2. The highest BCUT2D eigenvalue weighted by atomic mass is 35.5. The van der Waals surface area contributed by atoms with Gasteiger partial charge in [-0.1, -0.05) is 48.0 Å². The van der Waals surface area contributed by atoms with Gasteiger partial charge in [0.2, 0.25) is 6.23 Å². The van der Waals surface area contributed by atoms with Crippen LogP contribution in [0.5, 0.6) is 0 Å². The number of carbonyl (C=O) groups is 2. The summed E-state index contributed by atoms with van der Waals surface area (Å²) in [5.41, 5.74) is 4.50. The summed E-state index contributed by atoms with van der Waals surface area (Å²) < 4.78 is 47.2. The minimum atomic E-state index is -3.95. The van der Waals surface area contributed by atoms with E-state index in [1.165, 1.54) is 36.4 Å². The highest BCUT2D eigenvalue weighted by Crippen LogP contribution is 2.44. The minimum Gasteiger partial charge on any atom is -0.459 e. The zero-order valence-electron chi connectivity index (χ0n) is 17.8. The van der Waals surface area contributed by atoms with Crippen molar-refractivity contribution in [2.75, 3.05) is 12.3 Å². The van der Waals surface area contributed by atoms with Crippen LogP contribution in [-0.2, 0) is 14.2 Å². The van der Waals surface area contributed by atoms with Crippen LogP contribution in [0.3, 0.4) is 0 Å². The molecule has 1 aliphatic heterocycles. The third-order valence-electron chi connectivity index (χ3n) is 5.17. The Kier molecular flexibility index (Phi) is 6.81. The van der Waals surface area contributed by atoms with Crippen LogP contribution in [0.15, 0.2) is 71.7 Å². The molecule has 3 aromatic rings. The van der Waals surface area contributed by atoms with Gasteiger partial charge >= 0.3 is 23.6 Å². The van der Waals surface area contributed by atoms with E-state index in [0.29, 0.717) is 4.57 Å². The second kappa shape index (κ2) is 9.80. The number of nitrogens with two attached hydrogens (primary N) is 1. The lowest BCUT2D eigenvalue weighted by Gasteiger charge is -2.24. The van der Waals surface area contributed by atoms with Crippen molar-refractivity contribution in [3.8, 4) is 0 Å². The number of benzene rings is 2. The number of nitrogen functional groups attached to an aromatic ring is 1. The van der Waals surface area contributed by atoms with Crippen molar-refractivity contribution >= 4 is 29.4 Å². The van der Waals surface area contributed by atoms with Crippen molar-refractivity contribution in [2.45, 2.75) is 24.4 Å². The lowest BCUT2D eigenvalue weighted by atomic mass is 10.1. The van der Waals surface area contributed by atoms with Crippen molar-refractivity contribution in [3.05, 3.63) is 93.5 Å². The summed E-state index contributed by atoms with van der Waals surface area (Å²) in [6.45, 7) is -0.697. The maximum Gasteiger partial charge on any atom is 0.351 e. The maximum atomic E-state index is 15.5. The van der Waals surface area contributed by atoms with Crippen molar-refractivity contribution in [1.29, 1.82) is 0 Å². The van der Waals surface area contributed by atoms with Crippen LogP contribution in [0.25, 0.3) is 0 Å². The second-order valence-electron chi connectivity index (χ2n) is 7.52. The van der Waals surface area contributed by atoms with E-state index in [9.17, 15) is 14.4 Å². The van der Waals surface area contributed by atoms with E-state index in [1.807, 2.05) is 0 Å². The first kappa shape index (κ1) is 24.3. The van der Waals surface area contributed by atoms with Crippen LogP contribution in [0.4, 0.5) is 14.6 Å². The van der Waals surface area contributed by atoms with Gasteiger partial charge in [0.1, 0.15) is 18.5 Å². The number of hydrogen-bond acceptors (Lipinski definition) is 8. The molecule has 0 spiro atoms. The summed E-state index contributed by atoms with van der Waals surface area (Å²) in [5, 5.41) is -0.263. The van der Waals surface area contributed by atoms with Crippen LogP contribution in [-0.4, -0.2) is 46.2 Å². The molecule has 0 unspecified atom stereocenters. The summed E-state index contributed by atoms with van der Waals surface area (Å²) in [6, 6.07) is 15.3. The van der Waals surface area contributed by atoms with Gasteiger partial charge in [0.15, 0.2) is 6.10 Å². The van der Waals surface area contributed by atoms with Crippen LogP contribution in [0.1, 0.15) is 26.9 Å². The van der Waals surface area contributed by atoms with E-state index in [2.05, 4.69) is 4.98 Å². The van der Waals surface area contributed by atoms with Crippen molar-refractivity contribution in [1.82, 2.24) is 9.55 Å². The molecule has 0 saturated carbocycles. The first-order valence-electron chi connectivity index (χ1n) is 10.2. The van der Waals surface area contributed by atoms with Gasteiger partial charge in [0, 0.05) is 6.20 Å². The van der Waals surface area contributed by atoms with Crippen LogP contribution >= 0.6 is 11.6 Å². The fourth-order valence-electron chi connectivity index (χ4n) is 3.45. The SMILES string of the molecule is Nc1nc(=O)n([C@@H]2O[C@@H](COC(=O)c3ccccc3)[C@H](OC(=O)c3ccccc3)C2(F)F)cc1Cl. The van der Waals surface area contributed by atoms with Crippen LogP contribution in [0, 0.1) is 0 Å². The molecule has 0 bridgehead atoms. The van der Waals surface area contributed by atoms with Gasteiger partial charge in [-0.25, -0.2) is 14.4 Å². The molecular formula is C23H18ClF2N3O6. The predicted octanol–water partition coefficient (Wildman–Crippen LogP) is 3.09. The molecule has 0 aliphatic carbocycles. The Hall–Kier alpha value is -3.83. The van der Waals surface area contributed by atoms with Crippen molar-refractivity contribution < 1.29 is 32.6 Å². The van der Waals surface area contributed by atoms with Crippen LogP contribution in [0.2, 0.25) is 5.02 Å². The molecule has 0 radical (unpaired) electrons. The van der Waals surface area contributed by atoms with Gasteiger partial charge < -0.3 is 19.9 Å². The summed E-state index contributed by atoms with van der Waals surface area (Å²) in [5.74, 6) is -6.16. The van der Waals surface area contributed by atoms with E-state index < -0.39 is 48.6 Å².